The first-order chi connectivity index (χ1) is 13.5. The molecule has 0 N–H and O–H groups in total. The Morgan fingerprint density at radius 2 is 2.00 bits per heavy atom. The van der Waals surface area contributed by atoms with Crippen molar-refractivity contribution in [1.82, 2.24) is 15.0 Å². The maximum absolute atomic E-state index is 13.1. The van der Waals surface area contributed by atoms with Gasteiger partial charge in [0.25, 0.3) is 0 Å². The number of aromatic nitrogens is 2. The summed E-state index contributed by atoms with van der Waals surface area (Å²) in [6, 6.07) is 2.20. The van der Waals surface area contributed by atoms with Crippen molar-refractivity contribution in [3.8, 4) is 0 Å². The number of rotatable bonds is 4. The molecular weight excluding hydrogens is 370 g/mol. The molecule has 2 aromatic heterocycles. The third-order valence-corrected chi connectivity index (χ3v) is 6.95. The molecule has 1 amide bonds. The lowest BCUT2D eigenvalue weighted by molar-refractivity contribution is -0.183. The molecule has 1 saturated carbocycles. The van der Waals surface area contributed by atoms with Crippen LogP contribution in [-0.4, -0.2) is 27.5 Å². The van der Waals surface area contributed by atoms with Gasteiger partial charge in [-0.2, -0.15) is 0 Å². The summed E-state index contributed by atoms with van der Waals surface area (Å²) in [4.78, 5) is 27.8. The van der Waals surface area contributed by atoms with Crippen LogP contribution >= 0.6 is 11.3 Å². The molecule has 2 aliphatic rings. The van der Waals surface area contributed by atoms with Crippen LogP contribution in [-0.2, 0) is 16.1 Å². The second-order valence-corrected chi connectivity index (χ2v) is 9.33. The SMILES string of the molecule is Cc1cc(CC2CCC(C(=O)N3OCC[C@H]3c3csc(C)n3)CC2)c(C)cn1. The van der Waals surface area contributed by atoms with Crippen LogP contribution in [0.3, 0.4) is 0 Å². The molecule has 1 saturated heterocycles. The van der Waals surface area contributed by atoms with Crippen molar-refractivity contribution in [1.29, 1.82) is 0 Å². The molecule has 150 valence electrons. The maximum atomic E-state index is 13.1. The maximum Gasteiger partial charge on any atom is 0.249 e. The van der Waals surface area contributed by atoms with Crippen LogP contribution in [0.5, 0.6) is 0 Å². The molecular formula is C22H29N3O2S. The minimum atomic E-state index is -0.0161. The molecule has 6 heteroatoms. The molecule has 4 rings (SSSR count). The number of aryl methyl sites for hydroxylation is 3. The molecule has 0 bridgehead atoms. The Morgan fingerprint density at radius 3 is 2.71 bits per heavy atom. The van der Waals surface area contributed by atoms with E-state index < -0.39 is 0 Å². The zero-order chi connectivity index (χ0) is 19.7. The van der Waals surface area contributed by atoms with Crippen molar-refractivity contribution in [3.63, 3.8) is 0 Å². The molecule has 5 nitrogen and oxygen atoms in total. The number of carbonyl (C=O) groups is 1. The van der Waals surface area contributed by atoms with Crippen molar-refractivity contribution < 1.29 is 9.63 Å². The average molecular weight is 400 g/mol. The number of amides is 1. The number of nitrogens with zero attached hydrogens (tertiary/aromatic N) is 3. The summed E-state index contributed by atoms with van der Waals surface area (Å²) in [5.41, 5.74) is 4.74. The molecule has 3 heterocycles. The highest BCUT2D eigenvalue weighted by molar-refractivity contribution is 7.09. The zero-order valence-corrected chi connectivity index (χ0v) is 17.8. The van der Waals surface area contributed by atoms with E-state index in [1.54, 1.807) is 16.4 Å². The average Bonchev–Trinajstić information content (AvgIpc) is 3.33. The van der Waals surface area contributed by atoms with E-state index in [0.29, 0.717) is 12.5 Å². The van der Waals surface area contributed by atoms with E-state index in [2.05, 4.69) is 35.3 Å². The van der Waals surface area contributed by atoms with Gasteiger partial charge in [-0.05, 0) is 76.0 Å². The molecule has 1 atom stereocenters. The minimum Gasteiger partial charge on any atom is -0.272 e. The van der Waals surface area contributed by atoms with Gasteiger partial charge >= 0.3 is 0 Å². The number of hydroxylamine groups is 2. The summed E-state index contributed by atoms with van der Waals surface area (Å²) in [7, 11) is 0. The number of hydrogen-bond acceptors (Lipinski definition) is 5. The topological polar surface area (TPSA) is 55.3 Å². The van der Waals surface area contributed by atoms with E-state index in [-0.39, 0.29) is 17.9 Å². The number of carbonyl (C=O) groups excluding carboxylic acids is 1. The van der Waals surface area contributed by atoms with Crippen molar-refractivity contribution in [2.24, 2.45) is 11.8 Å². The van der Waals surface area contributed by atoms with Gasteiger partial charge < -0.3 is 0 Å². The quantitative estimate of drug-likeness (QED) is 0.747. The second-order valence-electron chi connectivity index (χ2n) is 8.27. The van der Waals surface area contributed by atoms with E-state index in [9.17, 15) is 4.79 Å². The Kier molecular flexibility index (Phi) is 5.78. The summed E-state index contributed by atoms with van der Waals surface area (Å²) >= 11 is 1.63. The monoisotopic (exact) mass is 399 g/mol. The highest BCUT2D eigenvalue weighted by Gasteiger charge is 2.38. The van der Waals surface area contributed by atoms with Crippen LogP contribution in [0, 0.1) is 32.6 Å². The van der Waals surface area contributed by atoms with Gasteiger partial charge in [-0.25, -0.2) is 10.0 Å². The number of pyridine rings is 1. The lowest BCUT2D eigenvalue weighted by Crippen LogP contribution is -2.37. The Balaban J connectivity index is 1.35. The number of thiazole rings is 1. The van der Waals surface area contributed by atoms with Gasteiger partial charge in [0, 0.05) is 29.6 Å². The van der Waals surface area contributed by atoms with Gasteiger partial charge in [0.15, 0.2) is 0 Å². The molecule has 1 aliphatic carbocycles. The molecule has 0 unspecified atom stereocenters. The Bertz CT molecular complexity index is 842. The van der Waals surface area contributed by atoms with Crippen LogP contribution in [0.1, 0.15) is 65.7 Å². The standard InChI is InChI=1S/C22H29N3O2S/c1-14-12-23-15(2)10-19(14)11-17-4-6-18(7-5-17)22(26)25-21(8-9-27-25)20-13-28-16(3)24-20/h10,12-13,17-18,21H,4-9,11H2,1-3H3/t17?,18?,21-/m0/s1. The zero-order valence-electron chi connectivity index (χ0n) is 17.0. The molecule has 28 heavy (non-hydrogen) atoms. The molecule has 2 fully saturated rings. The summed E-state index contributed by atoms with van der Waals surface area (Å²) in [6.45, 7) is 6.79. The predicted octanol–water partition coefficient (Wildman–Crippen LogP) is 4.72. The lowest BCUT2D eigenvalue weighted by atomic mass is 9.78. The summed E-state index contributed by atoms with van der Waals surface area (Å²) < 4.78 is 0. The van der Waals surface area contributed by atoms with Crippen molar-refractivity contribution in [2.45, 2.75) is 65.3 Å². The summed E-state index contributed by atoms with van der Waals surface area (Å²) in [5, 5.41) is 4.73. The minimum absolute atomic E-state index is 0.0161. The van der Waals surface area contributed by atoms with Crippen molar-refractivity contribution in [3.05, 3.63) is 45.2 Å². The largest absolute Gasteiger partial charge is 0.272 e. The van der Waals surface area contributed by atoms with Crippen LogP contribution in [0.25, 0.3) is 0 Å². The first kappa shape index (κ1) is 19.5. The first-order valence-corrected chi connectivity index (χ1v) is 11.2. The molecule has 0 radical (unpaired) electrons. The van der Waals surface area contributed by atoms with Gasteiger partial charge in [-0.3, -0.25) is 14.6 Å². The fraction of sp³-hybridized carbons (Fsp3) is 0.591. The molecule has 2 aromatic rings. The Labute approximate surface area is 171 Å². The van der Waals surface area contributed by atoms with E-state index in [1.807, 2.05) is 13.1 Å². The van der Waals surface area contributed by atoms with Crippen LogP contribution < -0.4 is 0 Å². The molecule has 0 spiro atoms. The van der Waals surface area contributed by atoms with Gasteiger partial charge in [0.05, 0.1) is 17.3 Å². The van der Waals surface area contributed by atoms with Gasteiger partial charge in [0.2, 0.25) is 5.91 Å². The van der Waals surface area contributed by atoms with Crippen LogP contribution in [0.15, 0.2) is 17.6 Å². The Hall–Kier alpha value is -1.79. The van der Waals surface area contributed by atoms with E-state index in [1.165, 1.54) is 11.1 Å². The van der Waals surface area contributed by atoms with Gasteiger partial charge in [-0.15, -0.1) is 11.3 Å². The highest BCUT2D eigenvalue weighted by atomic mass is 32.1. The van der Waals surface area contributed by atoms with Gasteiger partial charge in [0.1, 0.15) is 6.04 Å². The summed E-state index contributed by atoms with van der Waals surface area (Å²) in [5.74, 6) is 0.889. The highest BCUT2D eigenvalue weighted by Crippen LogP contribution is 2.37. The first-order valence-electron chi connectivity index (χ1n) is 10.3. The normalized spacial score (nSPS) is 25.2. The third-order valence-electron chi connectivity index (χ3n) is 6.16. The predicted molar refractivity (Wildman–Crippen MR) is 110 cm³/mol. The van der Waals surface area contributed by atoms with Crippen LogP contribution in [0.2, 0.25) is 0 Å². The molecule has 1 aliphatic heterocycles. The van der Waals surface area contributed by atoms with Crippen molar-refractivity contribution in [2.75, 3.05) is 6.61 Å². The third kappa shape index (κ3) is 4.13. The fourth-order valence-electron chi connectivity index (χ4n) is 4.50. The summed E-state index contributed by atoms with van der Waals surface area (Å²) in [6.07, 6.45) is 8.02. The second kappa shape index (κ2) is 8.29. The number of hydrogen-bond donors (Lipinski definition) is 0. The van der Waals surface area contributed by atoms with Crippen LogP contribution in [0.4, 0.5) is 0 Å². The fourth-order valence-corrected chi connectivity index (χ4v) is 5.16. The van der Waals surface area contributed by atoms with E-state index >= 15 is 0 Å². The van der Waals surface area contributed by atoms with E-state index in [0.717, 1.165) is 54.9 Å². The lowest BCUT2D eigenvalue weighted by Gasteiger charge is -2.31. The van der Waals surface area contributed by atoms with Gasteiger partial charge in [-0.1, -0.05) is 0 Å². The smallest absolute Gasteiger partial charge is 0.249 e. The van der Waals surface area contributed by atoms with E-state index in [4.69, 9.17) is 4.84 Å². The Morgan fingerprint density at radius 1 is 1.21 bits per heavy atom. The molecule has 0 aromatic carbocycles. The van der Waals surface area contributed by atoms with Crippen molar-refractivity contribution >= 4 is 17.2 Å².